The second-order valence-electron chi connectivity index (χ2n) is 7.29. The molecule has 0 aliphatic carbocycles. The molecule has 0 unspecified atom stereocenters. The fraction of sp³-hybridized carbons (Fsp3) is 0.0385. The molecule has 4 aromatic carbocycles. The highest BCUT2D eigenvalue weighted by Gasteiger charge is 2.27. The Morgan fingerprint density at radius 3 is 1.94 bits per heavy atom. The highest BCUT2D eigenvalue weighted by atomic mass is 35.5. The van der Waals surface area contributed by atoms with Gasteiger partial charge in [-0.1, -0.05) is 48.0 Å². The van der Waals surface area contributed by atoms with E-state index in [1.165, 1.54) is 24.3 Å². The number of nitrogens with one attached hydrogen (secondary N) is 1. The average Bonchev–Trinajstić information content (AvgIpc) is 2.85. The van der Waals surface area contributed by atoms with E-state index in [4.69, 9.17) is 16.3 Å². The van der Waals surface area contributed by atoms with Crippen molar-refractivity contribution in [1.29, 1.82) is 0 Å². The minimum atomic E-state index is -4.01. The maximum atomic E-state index is 13.3. The van der Waals surface area contributed by atoms with Crippen LogP contribution in [-0.2, 0) is 14.8 Å². The lowest BCUT2D eigenvalue weighted by atomic mass is 10.3. The Hall–Kier alpha value is -3.81. The van der Waals surface area contributed by atoms with Crippen LogP contribution < -0.4 is 14.4 Å². The summed E-state index contributed by atoms with van der Waals surface area (Å²) in [4.78, 5) is 12.9. The van der Waals surface area contributed by atoms with Gasteiger partial charge in [-0.15, -0.1) is 0 Å². The molecule has 4 aromatic rings. The lowest BCUT2D eigenvalue weighted by molar-refractivity contribution is -0.114. The summed E-state index contributed by atoms with van der Waals surface area (Å²) in [5.74, 6) is 0.823. The van der Waals surface area contributed by atoms with Crippen molar-refractivity contribution in [3.8, 4) is 11.5 Å². The smallest absolute Gasteiger partial charge is 0.264 e. The number of anilines is 2. The first-order valence-electron chi connectivity index (χ1n) is 10.4. The fourth-order valence-corrected chi connectivity index (χ4v) is 4.75. The van der Waals surface area contributed by atoms with E-state index in [2.05, 4.69) is 5.32 Å². The molecule has 6 nitrogen and oxygen atoms in total. The molecular formula is C26H21ClN2O4S. The Kier molecular flexibility index (Phi) is 7.15. The van der Waals surface area contributed by atoms with Crippen LogP contribution in [0.3, 0.4) is 0 Å². The Labute approximate surface area is 203 Å². The number of ether oxygens (including phenoxy) is 1. The molecule has 0 bridgehead atoms. The molecule has 8 heteroatoms. The molecule has 0 heterocycles. The molecule has 1 N–H and O–H groups in total. The number of benzene rings is 4. The summed E-state index contributed by atoms with van der Waals surface area (Å²) in [7, 11) is -4.01. The predicted molar refractivity (Wildman–Crippen MR) is 134 cm³/mol. The fourth-order valence-electron chi connectivity index (χ4n) is 3.20. The summed E-state index contributed by atoms with van der Waals surface area (Å²) in [6.45, 7) is -0.406. The van der Waals surface area contributed by atoms with E-state index in [-0.39, 0.29) is 4.90 Å². The van der Waals surface area contributed by atoms with Gasteiger partial charge in [-0.2, -0.15) is 0 Å². The standard InChI is InChI=1S/C26H21ClN2O4S/c27-20-11-17-25(18-12-20)34(31,32)29(22-7-3-1-4-8-22)19-26(30)28-21-13-15-24(16-14-21)33-23-9-5-2-6-10-23/h1-18H,19H2,(H,28,30). The number of carbonyl (C=O) groups is 1. The predicted octanol–water partition coefficient (Wildman–Crippen LogP) is 5.97. The van der Waals surface area contributed by atoms with E-state index in [0.29, 0.717) is 27.9 Å². The maximum Gasteiger partial charge on any atom is 0.264 e. The van der Waals surface area contributed by atoms with Gasteiger partial charge in [0.2, 0.25) is 5.91 Å². The van der Waals surface area contributed by atoms with E-state index >= 15 is 0 Å². The van der Waals surface area contributed by atoms with E-state index in [9.17, 15) is 13.2 Å². The summed E-state index contributed by atoms with van der Waals surface area (Å²) in [6, 6.07) is 30.5. The molecule has 0 saturated carbocycles. The zero-order valence-corrected chi connectivity index (χ0v) is 19.5. The molecular weight excluding hydrogens is 472 g/mol. The topological polar surface area (TPSA) is 75.7 Å². The van der Waals surface area contributed by atoms with Crippen molar-refractivity contribution in [1.82, 2.24) is 0 Å². The van der Waals surface area contributed by atoms with Crippen molar-refractivity contribution in [2.45, 2.75) is 4.90 Å². The number of para-hydroxylation sites is 2. The summed E-state index contributed by atoms with van der Waals surface area (Å²) < 4.78 is 33.5. The molecule has 0 spiro atoms. The van der Waals surface area contributed by atoms with Crippen LogP contribution >= 0.6 is 11.6 Å². The van der Waals surface area contributed by atoms with Crippen LogP contribution in [0.15, 0.2) is 114 Å². The first-order chi connectivity index (χ1) is 16.4. The third-order valence-corrected chi connectivity index (χ3v) is 6.89. The molecule has 0 fully saturated rings. The first-order valence-corrected chi connectivity index (χ1v) is 12.2. The lowest BCUT2D eigenvalue weighted by Gasteiger charge is -2.24. The molecule has 0 saturated heterocycles. The first kappa shape index (κ1) is 23.4. The van der Waals surface area contributed by atoms with Gasteiger partial charge in [0.25, 0.3) is 10.0 Å². The summed E-state index contributed by atoms with van der Waals surface area (Å²) >= 11 is 5.91. The van der Waals surface area contributed by atoms with Gasteiger partial charge in [0.05, 0.1) is 10.6 Å². The molecule has 172 valence electrons. The molecule has 0 aliphatic rings. The number of sulfonamides is 1. The summed E-state index contributed by atoms with van der Waals surface area (Å²) in [5.41, 5.74) is 0.890. The number of carbonyl (C=O) groups excluding carboxylic acids is 1. The van der Waals surface area contributed by atoms with Crippen molar-refractivity contribution in [3.63, 3.8) is 0 Å². The Morgan fingerprint density at radius 1 is 0.765 bits per heavy atom. The summed E-state index contributed by atoms with van der Waals surface area (Å²) in [6.07, 6.45) is 0. The van der Waals surface area contributed by atoms with Crippen LogP contribution in [-0.4, -0.2) is 20.9 Å². The van der Waals surface area contributed by atoms with Gasteiger partial charge in [-0.3, -0.25) is 9.10 Å². The highest BCUT2D eigenvalue weighted by Crippen LogP contribution is 2.25. The van der Waals surface area contributed by atoms with Gasteiger partial charge in [0.15, 0.2) is 0 Å². The van der Waals surface area contributed by atoms with Crippen LogP contribution in [0.2, 0.25) is 5.02 Å². The number of rotatable bonds is 8. The van der Waals surface area contributed by atoms with Crippen LogP contribution in [0, 0.1) is 0 Å². The Balaban J connectivity index is 1.50. The molecule has 0 atom stereocenters. The third kappa shape index (κ3) is 5.75. The van der Waals surface area contributed by atoms with Gasteiger partial charge in [0, 0.05) is 10.7 Å². The quantitative estimate of drug-likeness (QED) is 0.329. The second-order valence-corrected chi connectivity index (χ2v) is 9.59. The van der Waals surface area contributed by atoms with Crippen LogP contribution in [0.25, 0.3) is 0 Å². The van der Waals surface area contributed by atoms with Crippen molar-refractivity contribution >= 4 is 38.9 Å². The van der Waals surface area contributed by atoms with Crippen LogP contribution in [0.1, 0.15) is 0 Å². The van der Waals surface area contributed by atoms with Gasteiger partial charge in [0.1, 0.15) is 18.0 Å². The monoisotopic (exact) mass is 492 g/mol. The zero-order chi connectivity index (χ0) is 24.0. The molecule has 34 heavy (non-hydrogen) atoms. The van der Waals surface area contributed by atoms with Gasteiger partial charge >= 0.3 is 0 Å². The van der Waals surface area contributed by atoms with Gasteiger partial charge in [-0.05, 0) is 72.8 Å². The lowest BCUT2D eigenvalue weighted by Crippen LogP contribution is -2.38. The Morgan fingerprint density at radius 2 is 1.32 bits per heavy atom. The molecule has 0 aliphatic heterocycles. The largest absolute Gasteiger partial charge is 0.457 e. The SMILES string of the molecule is O=C(CN(c1ccccc1)S(=O)(=O)c1ccc(Cl)cc1)Nc1ccc(Oc2ccccc2)cc1. The maximum absolute atomic E-state index is 13.3. The van der Waals surface area contributed by atoms with E-state index in [1.54, 1.807) is 54.6 Å². The van der Waals surface area contributed by atoms with Crippen molar-refractivity contribution < 1.29 is 17.9 Å². The average molecular weight is 493 g/mol. The minimum Gasteiger partial charge on any atom is -0.457 e. The number of hydrogen-bond acceptors (Lipinski definition) is 4. The Bertz CT molecular complexity index is 1350. The molecule has 1 amide bonds. The molecule has 0 radical (unpaired) electrons. The normalized spacial score (nSPS) is 11.0. The highest BCUT2D eigenvalue weighted by molar-refractivity contribution is 7.92. The van der Waals surface area contributed by atoms with Gasteiger partial charge in [-0.25, -0.2) is 8.42 Å². The number of nitrogens with zero attached hydrogens (tertiary/aromatic N) is 1. The number of hydrogen-bond donors (Lipinski definition) is 1. The van der Waals surface area contributed by atoms with Crippen LogP contribution in [0.5, 0.6) is 11.5 Å². The minimum absolute atomic E-state index is 0.0379. The molecule has 4 rings (SSSR count). The van der Waals surface area contributed by atoms with Crippen molar-refractivity contribution in [2.24, 2.45) is 0 Å². The zero-order valence-electron chi connectivity index (χ0n) is 18.0. The van der Waals surface area contributed by atoms with Crippen molar-refractivity contribution in [2.75, 3.05) is 16.2 Å². The van der Waals surface area contributed by atoms with E-state index in [0.717, 1.165) is 4.31 Å². The number of amides is 1. The number of halogens is 1. The van der Waals surface area contributed by atoms with Gasteiger partial charge < -0.3 is 10.1 Å². The molecule has 0 aromatic heterocycles. The van der Waals surface area contributed by atoms with Crippen molar-refractivity contribution in [3.05, 3.63) is 114 Å². The van der Waals surface area contributed by atoms with E-state index < -0.39 is 22.5 Å². The third-order valence-electron chi connectivity index (χ3n) is 4.85. The summed E-state index contributed by atoms with van der Waals surface area (Å²) in [5, 5.41) is 3.16. The second kappa shape index (κ2) is 10.4. The van der Waals surface area contributed by atoms with E-state index in [1.807, 2.05) is 30.3 Å². The van der Waals surface area contributed by atoms with Crippen LogP contribution in [0.4, 0.5) is 11.4 Å².